The number of halogens is 2. The van der Waals surface area contributed by atoms with E-state index in [1.54, 1.807) is 12.4 Å². The van der Waals surface area contributed by atoms with Crippen molar-refractivity contribution in [3.05, 3.63) is 78.1 Å². The molecule has 3 nitrogen and oxygen atoms in total. The Bertz CT molecular complexity index is 834. The Balaban J connectivity index is 1.73. The van der Waals surface area contributed by atoms with Crippen LogP contribution in [0.2, 0.25) is 0 Å². The average Bonchev–Trinajstić information content (AvgIpc) is 3.04. The van der Waals surface area contributed by atoms with Crippen LogP contribution in [0.15, 0.2) is 66.1 Å². The van der Waals surface area contributed by atoms with Crippen LogP contribution in [0.5, 0.6) is 0 Å². The van der Waals surface area contributed by atoms with Gasteiger partial charge in [0, 0.05) is 23.6 Å². The number of nitrogens with zero attached hydrogens (tertiary/aromatic N) is 2. The fraction of sp³-hybridized carbons (Fsp3) is 0.0588. The van der Waals surface area contributed by atoms with E-state index in [0.29, 0.717) is 5.16 Å². The maximum atomic E-state index is 13.2. The van der Waals surface area contributed by atoms with Crippen LogP contribution < -0.4 is 0 Å². The first-order valence-corrected chi connectivity index (χ1v) is 7.83. The van der Waals surface area contributed by atoms with Crippen molar-refractivity contribution < 1.29 is 13.6 Å². The summed E-state index contributed by atoms with van der Waals surface area (Å²) in [5.41, 5.74) is 1.09. The molecule has 2 aromatic carbocycles. The summed E-state index contributed by atoms with van der Waals surface area (Å²) < 4.78 is 28.0. The number of rotatable bonds is 5. The molecule has 3 rings (SSSR count). The largest absolute Gasteiger partial charge is 0.295 e. The molecule has 0 N–H and O–H groups in total. The van der Waals surface area contributed by atoms with Gasteiger partial charge in [0.1, 0.15) is 0 Å². The first-order valence-electron chi connectivity index (χ1n) is 6.85. The highest BCUT2D eigenvalue weighted by Gasteiger charge is 2.12. The number of thioether (sulfide) groups is 1. The van der Waals surface area contributed by atoms with Gasteiger partial charge in [-0.1, -0.05) is 30.0 Å². The molecule has 3 aromatic rings. The minimum absolute atomic E-state index is 0.0922. The lowest BCUT2D eigenvalue weighted by Gasteiger charge is -2.07. The number of carbonyl (C=O) groups is 1. The molecule has 0 aliphatic rings. The van der Waals surface area contributed by atoms with Gasteiger partial charge in [-0.15, -0.1) is 0 Å². The Hall–Kier alpha value is -2.47. The second kappa shape index (κ2) is 6.75. The molecule has 0 aliphatic heterocycles. The van der Waals surface area contributed by atoms with Crippen molar-refractivity contribution >= 4 is 17.5 Å². The average molecular weight is 330 g/mol. The number of benzene rings is 2. The molecule has 0 spiro atoms. The first kappa shape index (κ1) is 15.4. The van der Waals surface area contributed by atoms with E-state index in [4.69, 9.17) is 0 Å². The topological polar surface area (TPSA) is 34.9 Å². The summed E-state index contributed by atoms with van der Waals surface area (Å²) in [6.45, 7) is 0. The minimum atomic E-state index is -1.02. The standard InChI is InChI=1S/C17H12F2N2OS/c18-14-7-6-12(10-15(14)19)16(22)11-23-17-20-8-9-21(17)13-4-2-1-3-5-13/h1-10H,11H2. The molecular weight excluding hydrogens is 318 g/mol. The van der Waals surface area contributed by atoms with Gasteiger partial charge >= 0.3 is 0 Å². The van der Waals surface area contributed by atoms with Crippen molar-refractivity contribution in [1.82, 2.24) is 9.55 Å². The quantitative estimate of drug-likeness (QED) is 0.521. The molecular formula is C17H12F2N2OS. The van der Waals surface area contributed by atoms with E-state index in [2.05, 4.69) is 4.98 Å². The van der Waals surface area contributed by atoms with Crippen molar-refractivity contribution in [2.45, 2.75) is 5.16 Å². The summed E-state index contributed by atoms with van der Waals surface area (Å²) in [6.07, 6.45) is 3.46. The fourth-order valence-electron chi connectivity index (χ4n) is 2.06. The van der Waals surface area contributed by atoms with Gasteiger partial charge in [0.15, 0.2) is 22.6 Å². The van der Waals surface area contributed by atoms with Crippen LogP contribution in [0.1, 0.15) is 10.4 Å². The van der Waals surface area contributed by atoms with Crippen molar-refractivity contribution in [3.8, 4) is 5.69 Å². The number of ketones is 1. The van der Waals surface area contributed by atoms with Crippen molar-refractivity contribution in [1.29, 1.82) is 0 Å². The molecule has 0 amide bonds. The minimum Gasteiger partial charge on any atom is -0.295 e. The van der Waals surface area contributed by atoms with Gasteiger partial charge in [-0.25, -0.2) is 13.8 Å². The van der Waals surface area contributed by atoms with Gasteiger partial charge in [0.05, 0.1) is 5.75 Å². The molecule has 0 aliphatic carbocycles. The summed E-state index contributed by atoms with van der Waals surface area (Å²) in [5.74, 6) is -2.17. The fourth-order valence-corrected chi connectivity index (χ4v) is 2.93. The lowest BCUT2D eigenvalue weighted by atomic mass is 10.1. The van der Waals surface area contributed by atoms with E-state index < -0.39 is 11.6 Å². The third-order valence-corrected chi connectivity index (χ3v) is 4.18. The highest BCUT2D eigenvalue weighted by atomic mass is 32.2. The molecule has 0 saturated heterocycles. The van der Waals surface area contributed by atoms with Gasteiger partial charge in [-0.3, -0.25) is 9.36 Å². The van der Waals surface area contributed by atoms with Crippen LogP contribution in [0.3, 0.4) is 0 Å². The molecule has 23 heavy (non-hydrogen) atoms. The summed E-state index contributed by atoms with van der Waals surface area (Å²) >= 11 is 1.25. The van der Waals surface area contributed by atoms with Crippen molar-refractivity contribution in [3.63, 3.8) is 0 Å². The zero-order chi connectivity index (χ0) is 16.2. The number of imidazole rings is 1. The Morgan fingerprint density at radius 1 is 1.09 bits per heavy atom. The zero-order valence-corrected chi connectivity index (χ0v) is 12.8. The summed E-state index contributed by atoms with van der Waals surface area (Å²) in [5, 5.41) is 0.659. The van der Waals surface area contributed by atoms with Crippen LogP contribution in [0.4, 0.5) is 8.78 Å². The molecule has 0 saturated carbocycles. The number of hydrogen-bond donors (Lipinski definition) is 0. The van der Waals surface area contributed by atoms with E-state index in [0.717, 1.165) is 17.8 Å². The molecule has 6 heteroatoms. The number of Topliss-reactive ketones (excluding diaryl/α,β-unsaturated/α-hetero) is 1. The molecule has 0 unspecified atom stereocenters. The highest BCUT2D eigenvalue weighted by Crippen LogP contribution is 2.21. The van der Waals surface area contributed by atoms with Crippen LogP contribution in [-0.4, -0.2) is 21.1 Å². The van der Waals surface area contributed by atoms with E-state index in [-0.39, 0.29) is 17.1 Å². The monoisotopic (exact) mass is 330 g/mol. The third kappa shape index (κ3) is 3.48. The third-order valence-electron chi connectivity index (χ3n) is 3.22. The molecule has 0 radical (unpaired) electrons. The van der Waals surface area contributed by atoms with Crippen molar-refractivity contribution in [2.75, 3.05) is 5.75 Å². The van der Waals surface area contributed by atoms with Gasteiger partial charge in [0.25, 0.3) is 0 Å². The lowest BCUT2D eigenvalue weighted by Crippen LogP contribution is -2.05. The molecule has 116 valence electrons. The SMILES string of the molecule is O=C(CSc1nccn1-c1ccccc1)c1ccc(F)c(F)c1. The number of hydrogen-bond acceptors (Lipinski definition) is 3. The summed E-state index contributed by atoms with van der Waals surface area (Å²) in [4.78, 5) is 16.3. The molecule has 0 fully saturated rings. The van der Waals surface area contributed by atoms with Crippen molar-refractivity contribution in [2.24, 2.45) is 0 Å². The Kier molecular flexibility index (Phi) is 4.52. The molecule has 1 aromatic heterocycles. The summed E-state index contributed by atoms with van der Waals surface area (Å²) in [6, 6.07) is 12.8. The maximum Gasteiger partial charge on any atom is 0.173 e. The van der Waals surface area contributed by atoms with Gasteiger partial charge < -0.3 is 0 Å². The van der Waals surface area contributed by atoms with Crippen LogP contribution >= 0.6 is 11.8 Å². The number of carbonyl (C=O) groups excluding carboxylic acids is 1. The first-order chi connectivity index (χ1) is 11.1. The van der Waals surface area contributed by atoms with Crippen LogP contribution in [0, 0.1) is 11.6 Å². The Morgan fingerprint density at radius 2 is 1.87 bits per heavy atom. The molecule has 1 heterocycles. The molecule has 0 atom stereocenters. The maximum absolute atomic E-state index is 13.2. The second-order valence-corrected chi connectivity index (χ2v) is 5.70. The van der Waals surface area contributed by atoms with E-state index in [1.165, 1.54) is 17.8 Å². The van der Waals surface area contributed by atoms with Gasteiger partial charge in [0.2, 0.25) is 0 Å². The Morgan fingerprint density at radius 3 is 2.61 bits per heavy atom. The highest BCUT2D eigenvalue weighted by molar-refractivity contribution is 7.99. The van der Waals surface area contributed by atoms with Crippen LogP contribution in [0.25, 0.3) is 5.69 Å². The normalized spacial score (nSPS) is 10.7. The Labute approximate surface area is 136 Å². The zero-order valence-electron chi connectivity index (χ0n) is 11.9. The van der Waals surface area contributed by atoms with Gasteiger partial charge in [-0.05, 0) is 30.3 Å². The lowest BCUT2D eigenvalue weighted by molar-refractivity contribution is 0.102. The number of para-hydroxylation sites is 1. The number of aromatic nitrogens is 2. The second-order valence-electron chi connectivity index (χ2n) is 4.76. The van der Waals surface area contributed by atoms with Gasteiger partial charge in [-0.2, -0.15) is 0 Å². The predicted octanol–water partition coefficient (Wildman–Crippen LogP) is 4.13. The van der Waals surface area contributed by atoms with E-state index in [9.17, 15) is 13.6 Å². The van der Waals surface area contributed by atoms with Crippen LogP contribution in [-0.2, 0) is 0 Å². The predicted molar refractivity (Wildman–Crippen MR) is 85.0 cm³/mol. The molecule has 0 bridgehead atoms. The van der Waals surface area contributed by atoms with E-state index >= 15 is 0 Å². The van der Waals surface area contributed by atoms with E-state index in [1.807, 2.05) is 34.9 Å². The smallest absolute Gasteiger partial charge is 0.173 e. The summed E-state index contributed by atoms with van der Waals surface area (Å²) in [7, 11) is 0.